The van der Waals surface area contributed by atoms with Gasteiger partial charge in [-0.15, -0.1) is 0 Å². The lowest BCUT2D eigenvalue weighted by atomic mass is 10.1. The summed E-state index contributed by atoms with van der Waals surface area (Å²) in [4.78, 5) is 0. The van der Waals surface area contributed by atoms with Gasteiger partial charge < -0.3 is 5.32 Å². The Morgan fingerprint density at radius 3 is 2.48 bits per heavy atom. The molecule has 0 fully saturated rings. The maximum absolute atomic E-state index is 14.2. The van der Waals surface area contributed by atoms with Gasteiger partial charge in [0.25, 0.3) is 0 Å². The first-order chi connectivity index (χ1) is 12.0. The Hall–Kier alpha value is -2.83. The van der Waals surface area contributed by atoms with Gasteiger partial charge in [-0.3, -0.25) is 0 Å². The highest BCUT2D eigenvalue weighted by molar-refractivity contribution is 5.73. The third-order valence-corrected chi connectivity index (χ3v) is 4.22. The van der Waals surface area contributed by atoms with Gasteiger partial charge in [0.1, 0.15) is 17.3 Å². The van der Waals surface area contributed by atoms with Crippen LogP contribution in [0.15, 0.2) is 48.5 Å². The zero-order valence-corrected chi connectivity index (χ0v) is 12.9. The van der Waals surface area contributed by atoms with Crippen LogP contribution in [0.3, 0.4) is 0 Å². The quantitative estimate of drug-likeness (QED) is 0.683. The molecule has 1 aromatic heterocycles. The van der Waals surface area contributed by atoms with Crippen molar-refractivity contribution in [2.45, 2.75) is 12.6 Å². The second-order valence-corrected chi connectivity index (χ2v) is 5.76. The molecule has 0 unspecified atom stereocenters. The number of anilines is 1. The molecule has 0 saturated heterocycles. The molecule has 1 aliphatic rings. The number of benzene rings is 2. The highest BCUT2D eigenvalue weighted by Crippen LogP contribution is 2.39. The SMILES string of the molecule is Fc1ccccc1-c1nn(-c2ccccc2C(F)(F)F)c2c1CCN2. The van der Waals surface area contributed by atoms with Crippen LogP contribution < -0.4 is 5.32 Å². The van der Waals surface area contributed by atoms with E-state index >= 15 is 0 Å². The number of hydrogen-bond acceptors (Lipinski definition) is 2. The predicted octanol–water partition coefficient (Wildman–Crippen LogP) is 4.67. The fourth-order valence-electron chi connectivity index (χ4n) is 3.12. The molecule has 128 valence electrons. The first kappa shape index (κ1) is 15.7. The third kappa shape index (κ3) is 2.56. The Bertz CT molecular complexity index is 944. The second kappa shape index (κ2) is 5.61. The number of nitrogens with zero attached hydrogens (tertiary/aromatic N) is 2. The van der Waals surface area contributed by atoms with E-state index in [4.69, 9.17) is 0 Å². The van der Waals surface area contributed by atoms with E-state index in [0.29, 0.717) is 24.5 Å². The molecule has 0 radical (unpaired) electrons. The number of nitrogens with one attached hydrogen (secondary N) is 1. The van der Waals surface area contributed by atoms with Crippen molar-refractivity contribution in [2.75, 3.05) is 11.9 Å². The van der Waals surface area contributed by atoms with Crippen molar-refractivity contribution >= 4 is 5.82 Å². The summed E-state index contributed by atoms with van der Waals surface area (Å²) < 4.78 is 55.5. The van der Waals surface area contributed by atoms with Gasteiger partial charge in [0, 0.05) is 17.7 Å². The fourth-order valence-corrected chi connectivity index (χ4v) is 3.12. The third-order valence-electron chi connectivity index (χ3n) is 4.22. The second-order valence-electron chi connectivity index (χ2n) is 5.76. The summed E-state index contributed by atoms with van der Waals surface area (Å²) in [6.45, 7) is 0.572. The van der Waals surface area contributed by atoms with Gasteiger partial charge in [0.2, 0.25) is 0 Å². The van der Waals surface area contributed by atoms with E-state index in [0.717, 1.165) is 11.6 Å². The molecule has 4 rings (SSSR count). The van der Waals surface area contributed by atoms with Crippen LogP contribution in [0, 0.1) is 5.82 Å². The van der Waals surface area contributed by atoms with Crippen molar-refractivity contribution < 1.29 is 17.6 Å². The van der Waals surface area contributed by atoms with E-state index in [9.17, 15) is 17.6 Å². The smallest absolute Gasteiger partial charge is 0.369 e. The standard InChI is InChI=1S/C18H13F4N3/c19-14-7-3-1-5-11(14)16-12-9-10-23-17(12)25(24-16)15-8-4-2-6-13(15)18(20,21)22/h1-8,23H,9-10H2. The van der Waals surface area contributed by atoms with Crippen molar-refractivity contribution in [1.29, 1.82) is 0 Å². The van der Waals surface area contributed by atoms with Crippen LogP contribution in [0.25, 0.3) is 16.9 Å². The highest BCUT2D eigenvalue weighted by atomic mass is 19.4. The lowest BCUT2D eigenvalue weighted by molar-refractivity contribution is -0.137. The molecule has 2 aromatic carbocycles. The Labute approximate surface area is 140 Å². The molecule has 0 amide bonds. The number of rotatable bonds is 2. The lowest BCUT2D eigenvalue weighted by Crippen LogP contribution is -2.13. The van der Waals surface area contributed by atoms with Crippen molar-refractivity contribution in [1.82, 2.24) is 9.78 Å². The molecule has 0 spiro atoms. The molecule has 3 aromatic rings. The summed E-state index contributed by atoms with van der Waals surface area (Å²) in [5.41, 5.74) is 0.514. The molecule has 1 N–H and O–H groups in total. The normalized spacial score (nSPS) is 13.6. The van der Waals surface area contributed by atoms with Crippen LogP contribution in [0.1, 0.15) is 11.1 Å². The molecular weight excluding hydrogens is 334 g/mol. The molecule has 0 aliphatic carbocycles. The first-order valence-electron chi connectivity index (χ1n) is 7.74. The van der Waals surface area contributed by atoms with Crippen molar-refractivity contribution in [3.05, 3.63) is 65.5 Å². The van der Waals surface area contributed by atoms with E-state index in [2.05, 4.69) is 10.4 Å². The van der Waals surface area contributed by atoms with Gasteiger partial charge in [-0.05, 0) is 30.7 Å². The van der Waals surface area contributed by atoms with Gasteiger partial charge in [-0.2, -0.15) is 18.3 Å². The molecule has 25 heavy (non-hydrogen) atoms. The molecule has 0 atom stereocenters. The van der Waals surface area contributed by atoms with E-state index in [1.54, 1.807) is 18.2 Å². The van der Waals surface area contributed by atoms with Crippen LogP contribution in [-0.4, -0.2) is 16.3 Å². The average Bonchev–Trinajstić information content (AvgIpc) is 3.17. The monoisotopic (exact) mass is 347 g/mol. The van der Waals surface area contributed by atoms with Crippen LogP contribution in [0.4, 0.5) is 23.4 Å². The Morgan fingerprint density at radius 1 is 1.00 bits per heavy atom. The van der Waals surface area contributed by atoms with Crippen LogP contribution in [0.2, 0.25) is 0 Å². The van der Waals surface area contributed by atoms with E-state index in [1.165, 1.54) is 28.9 Å². The molecule has 0 bridgehead atoms. The minimum atomic E-state index is -4.51. The van der Waals surface area contributed by atoms with Crippen LogP contribution >= 0.6 is 0 Å². The Morgan fingerprint density at radius 2 is 1.72 bits per heavy atom. The number of para-hydroxylation sites is 1. The predicted molar refractivity (Wildman–Crippen MR) is 86.2 cm³/mol. The molecule has 0 saturated carbocycles. The van der Waals surface area contributed by atoms with Gasteiger partial charge in [-0.25, -0.2) is 9.07 Å². The summed E-state index contributed by atoms with van der Waals surface area (Å²) in [7, 11) is 0. The van der Waals surface area contributed by atoms with Crippen molar-refractivity contribution in [2.24, 2.45) is 0 Å². The summed E-state index contributed by atoms with van der Waals surface area (Å²) in [5, 5.41) is 7.39. The van der Waals surface area contributed by atoms with Crippen molar-refractivity contribution in [3.8, 4) is 16.9 Å². The van der Waals surface area contributed by atoms with Crippen LogP contribution in [-0.2, 0) is 12.6 Å². The average molecular weight is 347 g/mol. The van der Waals surface area contributed by atoms with Gasteiger partial charge in [-0.1, -0.05) is 24.3 Å². The minimum absolute atomic E-state index is 0.0803. The topological polar surface area (TPSA) is 29.9 Å². The maximum Gasteiger partial charge on any atom is 0.418 e. The molecule has 2 heterocycles. The zero-order valence-electron chi connectivity index (χ0n) is 12.9. The van der Waals surface area contributed by atoms with E-state index < -0.39 is 17.6 Å². The Balaban J connectivity index is 1.95. The Kier molecular flexibility index (Phi) is 3.52. The summed E-state index contributed by atoms with van der Waals surface area (Å²) in [6.07, 6.45) is -3.93. The van der Waals surface area contributed by atoms with Gasteiger partial charge >= 0.3 is 6.18 Å². The van der Waals surface area contributed by atoms with E-state index in [-0.39, 0.29) is 11.3 Å². The lowest BCUT2D eigenvalue weighted by Gasteiger charge is -2.14. The highest BCUT2D eigenvalue weighted by Gasteiger charge is 2.35. The summed E-state index contributed by atoms with van der Waals surface area (Å²) >= 11 is 0. The number of fused-ring (bicyclic) bond motifs is 1. The largest absolute Gasteiger partial charge is 0.418 e. The molecule has 1 aliphatic heterocycles. The number of aromatic nitrogens is 2. The fraction of sp³-hybridized carbons (Fsp3) is 0.167. The van der Waals surface area contributed by atoms with E-state index in [1.807, 2.05) is 0 Å². The summed E-state index contributed by atoms with van der Waals surface area (Å²) in [5.74, 6) is 0.0286. The molecular formula is C18H13F4N3. The van der Waals surface area contributed by atoms with Gasteiger partial charge in [0.15, 0.2) is 0 Å². The minimum Gasteiger partial charge on any atom is -0.369 e. The number of halogens is 4. The van der Waals surface area contributed by atoms with Crippen LogP contribution in [0.5, 0.6) is 0 Å². The molecule has 3 nitrogen and oxygen atoms in total. The van der Waals surface area contributed by atoms with Crippen molar-refractivity contribution in [3.63, 3.8) is 0 Å². The number of hydrogen-bond donors (Lipinski definition) is 1. The number of alkyl halides is 3. The first-order valence-corrected chi connectivity index (χ1v) is 7.74. The molecule has 7 heteroatoms. The van der Waals surface area contributed by atoms with Gasteiger partial charge in [0.05, 0.1) is 11.3 Å². The zero-order chi connectivity index (χ0) is 17.6. The maximum atomic E-state index is 14.2. The summed E-state index contributed by atoms with van der Waals surface area (Å²) in [6, 6.07) is 11.4.